The number of rotatable bonds is 0. The van der Waals surface area contributed by atoms with E-state index in [-0.39, 0.29) is 59.0 Å². The van der Waals surface area contributed by atoms with E-state index in [1.807, 2.05) is 6.92 Å². The van der Waals surface area contributed by atoms with E-state index in [2.05, 4.69) is 32.6 Å². The molecule has 0 amide bonds. The number of nitrogens with zero attached hydrogens (tertiary/aromatic N) is 1. The standard InChI is InChI=1S/C29H39NO5/c1-16-9-20-19(21(31)10-16)11-22(32)24-25(20,3)15-29-27(5,26(24,4)13-23(33)35-29)6-7-28-12-17(2)8-18(34-28)14-30(28)29/h10,17-20,24H,6-9,11-15H2,1-5H3/t17-,18+,19?,20+,24-,25-,26-,27-,28-,29+/m0/s1. The van der Waals surface area contributed by atoms with E-state index in [1.54, 1.807) is 6.08 Å². The summed E-state index contributed by atoms with van der Waals surface area (Å²) in [7, 11) is 0. The molecule has 0 aromatic rings. The number of hydrogen-bond acceptors (Lipinski definition) is 6. The average molecular weight is 482 g/mol. The Kier molecular flexibility index (Phi) is 4.19. The molecule has 7 aliphatic rings. The van der Waals surface area contributed by atoms with E-state index in [4.69, 9.17) is 9.47 Å². The fourth-order valence-corrected chi connectivity index (χ4v) is 11.0. The van der Waals surface area contributed by atoms with Crippen LogP contribution in [-0.2, 0) is 23.9 Å². The Balaban J connectivity index is 1.44. The molecule has 1 spiro atoms. The molecule has 35 heavy (non-hydrogen) atoms. The number of piperidine rings is 1. The number of fused-ring (bicyclic) bond motifs is 5. The lowest BCUT2D eigenvalue weighted by molar-refractivity contribution is -0.379. The SMILES string of the molecule is CC1=CC(=O)C2CC(=O)[C@H]3[C@@](C)(C[C@@]45OC(=O)C[C@]3(C)[C@]4(C)CC[C@]34C[C@@H](C)C[C@H](CN35)O4)[C@@H]2C1. The van der Waals surface area contributed by atoms with Gasteiger partial charge in [0.05, 0.1) is 12.5 Å². The van der Waals surface area contributed by atoms with Crippen molar-refractivity contribution in [3.05, 3.63) is 11.6 Å². The maximum Gasteiger partial charge on any atom is 0.308 e. The summed E-state index contributed by atoms with van der Waals surface area (Å²) < 4.78 is 13.4. The van der Waals surface area contributed by atoms with Crippen molar-refractivity contribution in [2.75, 3.05) is 6.54 Å². The highest BCUT2D eigenvalue weighted by atomic mass is 16.6. The summed E-state index contributed by atoms with van der Waals surface area (Å²) in [5.74, 6) is 0.300. The second-order valence-electron chi connectivity index (χ2n) is 14.1. The predicted octanol–water partition coefficient (Wildman–Crippen LogP) is 4.41. The van der Waals surface area contributed by atoms with Gasteiger partial charge in [0, 0.05) is 36.6 Å². The number of ketones is 2. The van der Waals surface area contributed by atoms with Crippen LogP contribution in [0.5, 0.6) is 0 Å². The molecule has 3 aliphatic carbocycles. The molecule has 4 bridgehead atoms. The molecule has 0 N–H and O–H groups in total. The molecular formula is C29H39NO5. The Morgan fingerprint density at radius 3 is 2.63 bits per heavy atom. The van der Waals surface area contributed by atoms with Crippen LogP contribution in [0, 0.1) is 39.9 Å². The Morgan fingerprint density at radius 1 is 1.09 bits per heavy atom. The Labute approximate surface area is 208 Å². The molecule has 0 aromatic heterocycles. The summed E-state index contributed by atoms with van der Waals surface area (Å²) in [6, 6.07) is 0. The van der Waals surface area contributed by atoms with Crippen LogP contribution in [0.3, 0.4) is 0 Å². The zero-order chi connectivity index (χ0) is 24.8. The van der Waals surface area contributed by atoms with Gasteiger partial charge in [-0.15, -0.1) is 0 Å². The van der Waals surface area contributed by atoms with Gasteiger partial charge in [0.1, 0.15) is 11.5 Å². The highest BCUT2D eigenvalue weighted by molar-refractivity contribution is 5.99. The molecular weight excluding hydrogens is 442 g/mol. The third-order valence-electron chi connectivity index (χ3n) is 12.3. The number of esters is 1. The Hall–Kier alpha value is -1.53. The van der Waals surface area contributed by atoms with Crippen molar-refractivity contribution >= 4 is 17.5 Å². The van der Waals surface area contributed by atoms with E-state index < -0.39 is 16.6 Å². The number of carbonyl (C=O) groups is 3. The average Bonchev–Trinajstić information content (AvgIpc) is 3.01. The summed E-state index contributed by atoms with van der Waals surface area (Å²) in [6.07, 6.45) is 7.78. The normalized spacial score (nSPS) is 56.9. The molecule has 10 atom stereocenters. The zero-order valence-electron chi connectivity index (χ0n) is 21.8. The van der Waals surface area contributed by atoms with Crippen molar-refractivity contribution in [1.29, 1.82) is 0 Å². The second kappa shape index (κ2) is 6.48. The van der Waals surface area contributed by atoms with E-state index in [9.17, 15) is 14.4 Å². The fraction of sp³-hybridized carbons (Fsp3) is 0.828. The van der Waals surface area contributed by atoms with Crippen LogP contribution >= 0.6 is 0 Å². The van der Waals surface area contributed by atoms with Crippen LogP contribution in [0.1, 0.15) is 86.0 Å². The van der Waals surface area contributed by atoms with E-state index in [1.165, 1.54) is 0 Å². The van der Waals surface area contributed by atoms with Crippen molar-refractivity contribution in [1.82, 2.24) is 4.90 Å². The number of carbonyl (C=O) groups excluding carboxylic acids is 3. The van der Waals surface area contributed by atoms with E-state index in [0.29, 0.717) is 18.8 Å². The maximum atomic E-state index is 14.0. The summed E-state index contributed by atoms with van der Waals surface area (Å²) in [4.78, 5) is 43.1. The van der Waals surface area contributed by atoms with Gasteiger partial charge in [-0.25, -0.2) is 4.90 Å². The third-order valence-corrected chi connectivity index (χ3v) is 12.3. The number of Topliss-reactive ketones (excluding diaryl/α,β-unsaturated/α-hetero) is 1. The van der Waals surface area contributed by atoms with Gasteiger partial charge in [-0.05, 0) is 67.8 Å². The Morgan fingerprint density at radius 2 is 1.86 bits per heavy atom. The highest BCUT2D eigenvalue weighted by Gasteiger charge is 2.82. The minimum atomic E-state index is -0.806. The molecule has 4 aliphatic heterocycles. The molecule has 0 aromatic carbocycles. The van der Waals surface area contributed by atoms with Gasteiger partial charge < -0.3 is 9.47 Å². The summed E-state index contributed by atoms with van der Waals surface area (Å²) in [6.45, 7) is 11.9. The smallest absolute Gasteiger partial charge is 0.308 e. The van der Waals surface area contributed by atoms with Gasteiger partial charge >= 0.3 is 5.97 Å². The molecule has 6 fully saturated rings. The lowest BCUT2D eigenvalue weighted by atomic mass is 9.34. The number of hydrogen-bond donors (Lipinski definition) is 0. The summed E-state index contributed by atoms with van der Waals surface area (Å²) in [5.41, 5.74) is -1.36. The molecule has 4 heterocycles. The summed E-state index contributed by atoms with van der Waals surface area (Å²) in [5, 5.41) is 0. The quantitative estimate of drug-likeness (QED) is 0.477. The van der Waals surface area contributed by atoms with Crippen molar-refractivity contribution < 1.29 is 23.9 Å². The van der Waals surface area contributed by atoms with E-state index in [0.717, 1.165) is 44.2 Å². The van der Waals surface area contributed by atoms with Crippen molar-refractivity contribution in [2.45, 2.75) is 104 Å². The topological polar surface area (TPSA) is 72.9 Å². The van der Waals surface area contributed by atoms with Crippen molar-refractivity contribution in [3.8, 4) is 0 Å². The Bertz CT molecular complexity index is 1100. The van der Waals surface area contributed by atoms with Crippen LogP contribution in [0.2, 0.25) is 0 Å². The van der Waals surface area contributed by atoms with Crippen LogP contribution in [0.4, 0.5) is 0 Å². The van der Waals surface area contributed by atoms with Gasteiger partial charge in [-0.1, -0.05) is 33.3 Å². The number of allylic oxidation sites excluding steroid dienone is 2. The lowest BCUT2D eigenvalue weighted by Gasteiger charge is -2.76. The predicted molar refractivity (Wildman–Crippen MR) is 128 cm³/mol. The largest absolute Gasteiger partial charge is 0.443 e. The molecule has 190 valence electrons. The fourth-order valence-electron chi connectivity index (χ4n) is 11.0. The van der Waals surface area contributed by atoms with Gasteiger partial charge in [-0.2, -0.15) is 0 Å². The first kappa shape index (κ1) is 22.7. The maximum absolute atomic E-state index is 14.0. The van der Waals surface area contributed by atoms with Crippen LogP contribution < -0.4 is 0 Å². The van der Waals surface area contributed by atoms with Crippen LogP contribution in [-0.4, -0.2) is 46.5 Å². The first-order valence-electron chi connectivity index (χ1n) is 13.8. The first-order valence-corrected chi connectivity index (χ1v) is 13.8. The number of ether oxygens (including phenoxy) is 2. The second-order valence-corrected chi connectivity index (χ2v) is 14.1. The molecule has 1 unspecified atom stereocenters. The molecule has 0 radical (unpaired) electrons. The van der Waals surface area contributed by atoms with Crippen LogP contribution in [0.15, 0.2) is 11.6 Å². The van der Waals surface area contributed by atoms with Crippen molar-refractivity contribution in [2.24, 2.45) is 39.9 Å². The molecule has 6 nitrogen and oxygen atoms in total. The van der Waals surface area contributed by atoms with E-state index >= 15 is 0 Å². The molecule has 4 saturated heterocycles. The third kappa shape index (κ3) is 2.43. The monoisotopic (exact) mass is 481 g/mol. The molecule has 7 rings (SSSR count). The zero-order valence-corrected chi connectivity index (χ0v) is 21.8. The molecule has 2 saturated carbocycles. The van der Waals surface area contributed by atoms with Gasteiger partial charge in [0.25, 0.3) is 0 Å². The minimum absolute atomic E-state index is 0.0972. The molecule has 6 heteroatoms. The summed E-state index contributed by atoms with van der Waals surface area (Å²) >= 11 is 0. The van der Waals surface area contributed by atoms with Gasteiger partial charge in [0.15, 0.2) is 11.5 Å². The van der Waals surface area contributed by atoms with Crippen molar-refractivity contribution in [3.63, 3.8) is 0 Å². The highest BCUT2D eigenvalue weighted by Crippen LogP contribution is 2.77. The van der Waals surface area contributed by atoms with Gasteiger partial charge in [0.2, 0.25) is 0 Å². The van der Waals surface area contributed by atoms with Gasteiger partial charge in [-0.3, -0.25) is 14.4 Å². The minimum Gasteiger partial charge on any atom is -0.443 e. The lowest BCUT2D eigenvalue weighted by Crippen LogP contribution is -2.82. The van der Waals surface area contributed by atoms with Crippen LogP contribution in [0.25, 0.3) is 0 Å². The first-order chi connectivity index (χ1) is 16.4.